The highest BCUT2D eigenvalue weighted by molar-refractivity contribution is 6.53. The van der Waals surface area contributed by atoms with Crippen molar-refractivity contribution in [2.75, 3.05) is 15.5 Å². The summed E-state index contributed by atoms with van der Waals surface area (Å²) in [5.74, 6) is -2.12. The SMILES string of the molecule is Cc1cc(C)cc(NC(=O)c2ccc(NC3=C(Cl)C(=O)N(c4ccc(C(=O)OC(C)C)cc4)C3=O)cc2)c1. The Morgan fingerprint density at radius 1 is 0.816 bits per heavy atom. The standard InChI is InChI=1S/C29H26ClN3O5/c1-16(2)38-29(37)20-7-11-23(12-8-20)33-27(35)24(30)25(28(33)36)31-21-9-5-19(6-10-21)26(34)32-22-14-17(3)13-18(4)15-22/h5-16,31H,1-4H3,(H,32,34). The molecule has 0 aliphatic carbocycles. The van der Waals surface area contributed by atoms with Gasteiger partial charge in [-0.1, -0.05) is 17.7 Å². The molecule has 0 saturated heterocycles. The topological polar surface area (TPSA) is 105 Å². The van der Waals surface area contributed by atoms with Gasteiger partial charge in [-0.25, -0.2) is 9.69 Å². The van der Waals surface area contributed by atoms with Gasteiger partial charge in [0.15, 0.2) is 0 Å². The van der Waals surface area contributed by atoms with Crippen LogP contribution in [-0.2, 0) is 14.3 Å². The van der Waals surface area contributed by atoms with E-state index in [2.05, 4.69) is 10.6 Å². The summed E-state index contributed by atoms with van der Waals surface area (Å²) in [6.07, 6.45) is -0.276. The van der Waals surface area contributed by atoms with Gasteiger partial charge in [0.1, 0.15) is 10.7 Å². The van der Waals surface area contributed by atoms with Gasteiger partial charge in [-0.15, -0.1) is 0 Å². The normalized spacial score (nSPS) is 13.3. The highest BCUT2D eigenvalue weighted by atomic mass is 35.5. The van der Waals surface area contributed by atoms with Crippen LogP contribution in [0.2, 0.25) is 0 Å². The van der Waals surface area contributed by atoms with E-state index in [9.17, 15) is 19.2 Å². The Morgan fingerprint density at radius 3 is 1.97 bits per heavy atom. The minimum atomic E-state index is -0.693. The number of imide groups is 1. The highest BCUT2D eigenvalue weighted by Gasteiger charge is 2.39. The summed E-state index contributed by atoms with van der Waals surface area (Å²) in [5, 5.41) is 5.49. The van der Waals surface area contributed by atoms with Gasteiger partial charge in [-0.2, -0.15) is 0 Å². The van der Waals surface area contributed by atoms with Gasteiger partial charge in [0.25, 0.3) is 17.7 Å². The molecular weight excluding hydrogens is 506 g/mol. The van der Waals surface area contributed by atoms with Crippen LogP contribution in [0.5, 0.6) is 0 Å². The van der Waals surface area contributed by atoms with Crippen LogP contribution >= 0.6 is 11.6 Å². The average Bonchev–Trinajstić information content (AvgIpc) is 3.06. The first-order chi connectivity index (χ1) is 18.0. The summed E-state index contributed by atoms with van der Waals surface area (Å²) in [7, 11) is 0. The number of amides is 3. The number of benzene rings is 3. The molecule has 3 aromatic rings. The van der Waals surface area contributed by atoms with Gasteiger partial charge < -0.3 is 15.4 Å². The van der Waals surface area contributed by atoms with E-state index in [1.807, 2.05) is 32.0 Å². The van der Waals surface area contributed by atoms with Gasteiger partial charge >= 0.3 is 5.97 Å². The lowest BCUT2D eigenvalue weighted by Crippen LogP contribution is -2.32. The van der Waals surface area contributed by atoms with E-state index in [1.165, 1.54) is 24.3 Å². The summed E-state index contributed by atoms with van der Waals surface area (Å²) in [6, 6.07) is 18.1. The number of ether oxygens (including phenoxy) is 1. The third-order valence-corrected chi connectivity index (χ3v) is 5.98. The van der Waals surface area contributed by atoms with E-state index < -0.39 is 17.8 Å². The third-order valence-electron chi connectivity index (χ3n) is 5.63. The van der Waals surface area contributed by atoms with Crippen molar-refractivity contribution in [3.8, 4) is 0 Å². The van der Waals surface area contributed by atoms with Gasteiger partial charge in [-0.05, 0) is 99.5 Å². The fourth-order valence-electron chi connectivity index (χ4n) is 3.97. The number of esters is 1. The van der Waals surface area contributed by atoms with E-state index in [0.717, 1.165) is 16.0 Å². The van der Waals surface area contributed by atoms with Crippen LogP contribution in [0.25, 0.3) is 0 Å². The van der Waals surface area contributed by atoms with Crippen molar-refractivity contribution in [1.82, 2.24) is 0 Å². The maximum absolute atomic E-state index is 13.1. The van der Waals surface area contributed by atoms with Crippen molar-refractivity contribution >= 4 is 52.4 Å². The van der Waals surface area contributed by atoms with Gasteiger partial charge in [-0.3, -0.25) is 14.4 Å². The second-order valence-corrected chi connectivity index (χ2v) is 9.55. The number of halogens is 1. The molecular formula is C29H26ClN3O5. The molecule has 0 fully saturated rings. The average molecular weight is 532 g/mol. The number of hydrogen-bond donors (Lipinski definition) is 2. The number of anilines is 3. The Labute approximate surface area is 225 Å². The van der Waals surface area contributed by atoms with Crippen LogP contribution in [0.1, 0.15) is 45.7 Å². The van der Waals surface area contributed by atoms with E-state index in [-0.39, 0.29) is 28.4 Å². The third kappa shape index (κ3) is 5.76. The van der Waals surface area contributed by atoms with Gasteiger partial charge in [0.05, 0.1) is 17.4 Å². The van der Waals surface area contributed by atoms with Crippen molar-refractivity contribution in [2.45, 2.75) is 33.8 Å². The molecule has 0 atom stereocenters. The highest BCUT2D eigenvalue weighted by Crippen LogP contribution is 2.30. The molecule has 1 aliphatic rings. The summed E-state index contributed by atoms with van der Waals surface area (Å²) < 4.78 is 5.16. The number of rotatable bonds is 7. The Morgan fingerprint density at radius 2 is 1.39 bits per heavy atom. The van der Waals surface area contributed by atoms with Crippen LogP contribution in [0.15, 0.2) is 77.5 Å². The van der Waals surface area contributed by atoms with E-state index in [1.54, 1.807) is 38.1 Å². The first-order valence-electron chi connectivity index (χ1n) is 11.9. The molecule has 0 radical (unpaired) electrons. The van der Waals surface area contributed by atoms with E-state index in [4.69, 9.17) is 16.3 Å². The summed E-state index contributed by atoms with van der Waals surface area (Å²) >= 11 is 6.22. The first kappa shape index (κ1) is 26.6. The minimum absolute atomic E-state index is 0.0904. The molecule has 0 unspecified atom stereocenters. The van der Waals surface area contributed by atoms with Gasteiger partial charge in [0, 0.05) is 16.9 Å². The zero-order chi connectivity index (χ0) is 27.6. The Hall–Kier alpha value is -4.43. The lowest BCUT2D eigenvalue weighted by molar-refractivity contribution is -0.120. The van der Waals surface area contributed by atoms with E-state index >= 15 is 0 Å². The second kappa shape index (κ2) is 10.9. The molecule has 2 N–H and O–H groups in total. The maximum Gasteiger partial charge on any atom is 0.338 e. The quantitative estimate of drug-likeness (QED) is 0.305. The monoisotopic (exact) mass is 531 g/mol. The lowest BCUT2D eigenvalue weighted by Gasteiger charge is -2.16. The maximum atomic E-state index is 13.1. The second-order valence-electron chi connectivity index (χ2n) is 9.17. The molecule has 38 heavy (non-hydrogen) atoms. The zero-order valence-corrected chi connectivity index (χ0v) is 22.1. The van der Waals surface area contributed by atoms with Gasteiger partial charge in [0.2, 0.25) is 0 Å². The molecule has 0 spiro atoms. The molecule has 3 aromatic carbocycles. The molecule has 9 heteroatoms. The minimum Gasteiger partial charge on any atom is -0.459 e. The number of hydrogen-bond acceptors (Lipinski definition) is 6. The van der Waals surface area contributed by atoms with E-state index in [0.29, 0.717) is 22.5 Å². The fourth-order valence-corrected chi connectivity index (χ4v) is 4.19. The molecule has 8 nitrogen and oxygen atoms in total. The molecule has 0 aromatic heterocycles. The first-order valence-corrected chi connectivity index (χ1v) is 12.3. The van der Waals surface area contributed by atoms with Crippen LogP contribution in [0.4, 0.5) is 17.1 Å². The Kier molecular flexibility index (Phi) is 7.64. The largest absolute Gasteiger partial charge is 0.459 e. The number of carbonyl (C=O) groups excluding carboxylic acids is 4. The zero-order valence-electron chi connectivity index (χ0n) is 21.3. The number of nitrogens with one attached hydrogen (secondary N) is 2. The van der Waals surface area contributed by atoms with Crippen LogP contribution in [0.3, 0.4) is 0 Å². The van der Waals surface area contributed by atoms with Crippen molar-refractivity contribution in [3.05, 3.63) is 99.7 Å². The van der Waals surface area contributed by atoms with Crippen molar-refractivity contribution in [3.63, 3.8) is 0 Å². The molecule has 0 saturated carbocycles. The summed E-state index contributed by atoms with van der Waals surface area (Å²) in [4.78, 5) is 51.5. The van der Waals surface area contributed by atoms with Crippen LogP contribution in [0, 0.1) is 13.8 Å². The van der Waals surface area contributed by atoms with Crippen LogP contribution in [-0.4, -0.2) is 29.8 Å². The Bertz CT molecular complexity index is 1440. The summed E-state index contributed by atoms with van der Waals surface area (Å²) in [6.45, 7) is 7.39. The molecule has 3 amide bonds. The number of aryl methyl sites for hydroxylation is 2. The van der Waals surface area contributed by atoms with Crippen molar-refractivity contribution < 1.29 is 23.9 Å². The molecule has 194 valence electrons. The van der Waals surface area contributed by atoms with Crippen molar-refractivity contribution in [1.29, 1.82) is 0 Å². The van der Waals surface area contributed by atoms with Crippen molar-refractivity contribution in [2.24, 2.45) is 0 Å². The predicted molar refractivity (Wildman–Crippen MR) is 146 cm³/mol. The summed E-state index contributed by atoms with van der Waals surface area (Å²) in [5.41, 5.74) is 4.13. The fraction of sp³-hybridized carbons (Fsp3) is 0.172. The molecule has 1 heterocycles. The Balaban J connectivity index is 1.45. The lowest BCUT2D eigenvalue weighted by atomic mass is 10.1. The molecule has 1 aliphatic heterocycles. The number of carbonyl (C=O) groups is 4. The number of nitrogens with zero attached hydrogens (tertiary/aromatic N) is 1. The molecule has 0 bridgehead atoms. The molecule has 4 rings (SSSR count). The predicted octanol–water partition coefficient (Wildman–Crippen LogP) is 5.56. The van der Waals surface area contributed by atoms with Crippen LogP contribution < -0.4 is 15.5 Å². The smallest absolute Gasteiger partial charge is 0.338 e.